The van der Waals surface area contributed by atoms with Crippen LogP contribution in [0.1, 0.15) is 23.1 Å². The highest BCUT2D eigenvalue weighted by atomic mass is 32.2. The second-order valence-electron chi connectivity index (χ2n) is 4.75. The molecule has 0 unspecified atom stereocenters. The quantitative estimate of drug-likeness (QED) is 0.825. The fourth-order valence-corrected chi connectivity index (χ4v) is 3.84. The molecule has 0 saturated carbocycles. The SMILES string of the molecule is Cc1ccc(CCN2CCCS2(=O)=O)c(C)c1. The summed E-state index contributed by atoms with van der Waals surface area (Å²) in [4.78, 5) is 0. The van der Waals surface area contributed by atoms with E-state index >= 15 is 0 Å². The standard InChI is InChI=1S/C13H19NO2S/c1-11-4-5-13(12(2)10-11)6-8-14-7-3-9-17(14,15)16/h4-5,10H,3,6-9H2,1-2H3. The number of benzene rings is 1. The third-order valence-corrected chi connectivity index (χ3v) is 5.29. The van der Waals surface area contributed by atoms with Gasteiger partial charge in [-0.1, -0.05) is 23.8 Å². The zero-order valence-electron chi connectivity index (χ0n) is 10.4. The van der Waals surface area contributed by atoms with Gasteiger partial charge in [0.05, 0.1) is 5.75 Å². The molecular formula is C13H19NO2S. The van der Waals surface area contributed by atoms with Gasteiger partial charge in [0.25, 0.3) is 0 Å². The molecule has 4 heteroatoms. The molecule has 1 fully saturated rings. The molecule has 1 heterocycles. The summed E-state index contributed by atoms with van der Waals surface area (Å²) in [5.41, 5.74) is 3.75. The summed E-state index contributed by atoms with van der Waals surface area (Å²) < 4.78 is 24.9. The summed E-state index contributed by atoms with van der Waals surface area (Å²) in [7, 11) is -2.94. The third-order valence-electron chi connectivity index (χ3n) is 3.33. The highest BCUT2D eigenvalue weighted by molar-refractivity contribution is 7.89. The number of nitrogens with zero attached hydrogens (tertiary/aromatic N) is 1. The van der Waals surface area contributed by atoms with E-state index in [2.05, 4.69) is 32.0 Å². The fourth-order valence-electron chi connectivity index (χ4n) is 2.31. The van der Waals surface area contributed by atoms with Gasteiger partial charge in [-0.25, -0.2) is 12.7 Å². The Morgan fingerprint density at radius 2 is 2.06 bits per heavy atom. The van der Waals surface area contributed by atoms with E-state index in [-0.39, 0.29) is 0 Å². The zero-order valence-corrected chi connectivity index (χ0v) is 11.3. The summed E-state index contributed by atoms with van der Waals surface area (Å²) in [5, 5.41) is 0. The van der Waals surface area contributed by atoms with Crippen molar-refractivity contribution in [2.45, 2.75) is 26.7 Å². The van der Waals surface area contributed by atoms with Crippen molar-refractivity contribution in [1.82, 2.24) is 4.31 Å². The second kappa shape index (κ2) is 4.78. The van der Waals surface area contributed by atoms with E-state index in [1.165, 1.54) is 16.7 Å². The van der Waals surface area contributed by atoms with Gasteiger partial charge >= 0.3 is 0 Å². The van der Waals surface area contributed by atoms with Gasteiger partial charge < -0.3 is 0 Å². The molecule has 17 heavy (non-hydrogen) atoms. The Morgan fingerprint density at radius 1 is 1.29 bits per heavy atom. The maximum atomic E-state index is 11.6. The van der Waals surface area contributed by atoms with Crippen LogP contribution in [0.15, 0.2) is 18.2 Å². The Hall–Kier alpha value is -0.870. The minimum atomic E-state index is -2.94. The van der Waals surface area contributed by atoms with Crippen molar-refractivity contribution in [3.63, 3.8) is 0 Å². The molecule has 1 aromatic carbocycles. The van der Waals surface area contributed by atoms with Crippen LogP contribution >= 0.6 is 0 Å². The molecule has 0 N–H and O–H groups in total. The molecule has 0 radical (unpaired) electrons. The first kappa shape index (κ1) is 12.6. The minimum absolute atomic E-state index is 0.319. The molecule has 1 aromatic rings. The van der Waals surface area contributed by atoms with Crippen LogP contribution in [-0.2, 0) is 16.4 Å². The van der Waals surface area contributed by atoms with Crippen LogP contribution < -0.4 is 0 Å². The lowest BCUT2D eigenvalue weighted by molar-refractivity contribution is 0.447. The average molecular weight is 253 g/mol. The highest BCUT2D eigenvalue weighted by Gasteiger charge is 2.27. The Morgan fingerprint density at radius 3 is 2.65 bits per heavy atom. The fraction of sp³-hybridized carbons (Fsp3) is 0.538. The topological polar surface area (TPSA) is 37.4 Å². The molecule has 94 valence electrons. The smallest absolute Gasteiger partial charge is 0.212 e. The minimum Gasteiger partial charge on any atom is -0.212 e. The molecule has 0 aromatic heterocycles. The molecule has 0 spiro atoms. The normalized spacial score (nSPS) is 19.6. The lowest BCUT2D eigenvalue weighted by Gasteiger charge is -2.15. The van der Waals surface area contributed by atoms with Crippen LogP contribution in [0.2, 0.25) is 0 Å². The molecule has 1 saturated heterocycles. The summed E-state index contributed by atoms with van der Waals surface area (Å²) >= 11 is 0. The van der Waals surface area contributed by atoms with Gasteiger partial charge in [-0.3, -0.25) is 0 Å². The highest BCUT2D eigenvalue weighted by Crippen LogP contribution is 2.16. The number of hydrogen-bond acceptors (Lipinski definition) is 2. The van der Waals surface area contributed by atoms with Crippen molar-refractivity contribution in [2.24, 2.45) is 0 Å². The van der Waals surface area contributed by atoms with E-state index in [1.54, 1.807) is 4.31 Å². The molecule has 1 aliphatic heterocycles. The maximum Gasteiger partial charge on any atom is 0.214 e. The van der Waals surface area contributed by atoms with E-state index < -0.39 is 10.0 Å². The predicted molar refractivity (Wildman–Crippen MR) is 69.6 cm³/mol. The summed E-state index contributed by atoms with van der Waals surface area (Å²) in [6.45, 7) is 5.46. The van der Waals surface area contributed by atoms with Gasteiger partial charge in [-0.15, -0.1) is 0 Å². The Kier molecular flexibility index (Phi) is 3.54. The molecule has 3 nitrogen and oxygen atoms in total. The lowest BCUT2D eigenvalue weighted by atomic mass is 10.0. The van der Waals surface area contributed by atoms with Crippen molar-refractivity contribution >= 4 is 10.0 Å². The van der Waals surface area contributed by atoms with Crippen LogP contribution in [0, 0.1) is 13.8 Å². The first-order chi connectivity index (χ1) is 7.99. The van der Waals surface area contributed by atoms with Gasteiger partial charge in [0.15, 0.2) is 0 Å². The first-order valence-electron chi connectivity index (χ1n) is 6.03. The molecule has 0 aliphatic carbocycles. The first-order valence-corrected chi connectivity index (χ1v) is 7.64. The molecule has 0 atom stereocenters. The average Bonchev–Trinajstić information content (AvgIpc) is 2.57. The Labute approximate surface area is 104 Å². The number of sulfonamides is 1. The number of aryl methyl sites for hydroxylation is 2. The molecule has 0 bridgehead atoms. The second-order valence-corrected chi connectivity index (χ2v) is 6.84. The summed E-state index contributed by atoms with van der Waals surface area (Å²) in [6, 6.07) is 6.34. The van der Waals surface area contributed by atoms with Crippen molar-refractivity contribution in [2.75, 3.05) is 18.8 Å². The summed E-state index contributed by atoms with van der Waals surface area (Å²) in [5.74, 6) is 0.319. The van der Waals surface area contributed by atoms with E-state index in [9.17, 15) is 8.42 Å². The van der Waals surface area contributed by atoms with Crippen molar-refractivity contribution in [3.8, 4) is 0 Å². The number of hydrogen-bond donors (Lipinski definition) is 0. The van der Waals surface area contributed by atoms with Crippen LogP contribution in [-0.4, -0.2) is 31.6 Å². The van der Waals surface area contributed by atoms with Gasteiger partial charge in [0.2, 0.25) is 10.0 Å². The van der Waals surface area contributed by atoms with Gasteiger partial charge in [0.1, 0.15) is 0 Å². The molecular weight excluding hydrogens is 234 g/mol. The van der Waals surface area contributed by atoms with Crippen LogP contribution in [0.5, 0.6) is 0 Å². The largest absolute Gasteiger partial charge is 0.214 e. The molecule has 1 aliphatic rings. The maximum absolute atomic E-state index is 11.6. The van der Waals surface area contributed by atoms with Crippen molar-refractivity contribution in [1.29, 1.82) is 0 Å². The Bertz CT molecular complexity index is 508. The number of rotatable bonds is 3. The van der Waals surface area contributed by atoms with Crippen LogP contribution in [0.3, 0.4) is 0 Å². The third kappa shape index (κ3) is 2.87. The monoisotopic (exact) mass is 253 g/mol. The van der Waals surface area contributed by atoms with E-state index in [0.717, 1.165) is 12.8 Å². The van der Waals surface area contributed by atoms with Crippen molar-refractivity contribution < 1.29 is 8.42 Å². The summed E-state index contributed by atoms with van der Waals surface area (Å²) in [6.07, 6.45) is 1.58. The predicted octanol–water partition coefficient (Wildman–Crippen LogP) is 1.88. The lowest BCUT2D eigenvalue weighted by Crippen LogP contribution is -2.28. The Balaban J connectivity index is 2.03. The van der Waals surface area contributed by atoms with E-state index in [0.29, 0.717) is 18.8 Å². The molecule has 0 amide bonds. The zero-order chi connectivity index (χ0) is 12.5. The van der Waals surface area contributed by atoms with Crippen LogP contribution in [0.4, 0.5) is 0 Å². The van der Waals surface area contributed by atoms with Gasteiger partial charge in [-0.2, -0.15) is 0 Å². The van der Waals surface area contributed by atoms with E-state index in [1.807, 2.05) is 0 Å². The molecule has 2 rings (SSSR count). The van der Waals surface area contributed by atoms with Gasteiger partial charge in [0, 0.05) is 13.1 Å². The van der Waals surface area contributed by atoms with Crippen molar-refractivity contribution in [3.05, 3.63) is 34.9 Å². The van der Waals surface area contributed by atoms with Gasteiger partial charge in [-0.05, 0) is 37.8 Å². The van der Waals surface area contributed by atoms with E-state index in [4.69, 9.17) is 0 Å². The van der Waals surface area contributed by atoms with Crippen LogP contribution in [0.25, 0.3) is 0 Å².